The van der Waals surface area contributed by atoms with Gasteiger partial charge in [-0.2, -0.15) is 0 Å². The van der Waals surface area contributed by atoms with Gasteiger partial charge < -0.3 is 15.4 Å². The molecule has 0 bridgehead atoms. The molecule has 2 amide bonds. The van der Waals surface area contributed by atoms with E-state index < -0.39 is 0 Å². The Bertz CT molecular complexity index is 898. The van der Waals surface area contributed by atoms with Crippen molar-refractivity contribution >= 4 is 23.3 Å². The lowest BCUT2D eigenvalue weighted by atomic mass is 10.1. The lowest BCUT2D eigenvalue weighted by molar-refractivity contribution is 0.251. The Morgan fingerprint density at radius 2 is 1.73 bits per heavy atom. The quantitative estimate of drug-likeness (QED) is 0.602. The highest BCUT2D eigenvalue weighted by molar-refractivity contribution is 6.31. The number of urea groups is 1. The number of hydrogen-bond donors (Lipinski definition) is 2. The van der Waals surface area contributed by atoms with E-state index in [9.17, 15) is 4.79 Å². The number of carbonyl (C=O) groups excluding carboxylic acids is 1. The zero-order valence-electron chi connectivity index (χ0n) is 14.3. The zero-order chi connectivity index (χ0) is 18.4. The van der Waals surface area contributed by atoms with Crippen LogP contribution in [0.5, 0.6) is 11.5 Å². The van der Waals surface area contributed by atoms with Gasteiger partial charge >= 0.3 is 6.03 Å². The minimum atomic E-state index is -0.314. The minimum Gasteiger partial charge on any atom is -0.455 e. The van der Waals surface area contributed by atoms with E-state index in [1.807, 2.05) is 73.7 Å². The predicted molar refractivity (Wildman–Crippen MR) is 105 cm³/mol. The second kappa shape index (κ2) is 8.41. The monoisotopic (exact) mass is 366 g/mol. The van der Waals surface area contributed by atoms with Gasteiger partial charge in [0.2, 0.25) is 0 Å². The number of para-hydroxylation sites is 3. The number of anilines is 1. The Hall–Kier alpha value is -2.98. The molecule has 4 nitrogen and oxygen atoms in total. The molecule has 0 aliphatic carbocycles. The number of halogens is 1. The standard InChI is InChI=1S/C21H19ClN2O2/c1-15-11-12-16(13-18(15)22)14-23-21(25)24-19-9-5-6-10-20(19)26-17-7-3-2-4-8-17/h2-13H,14H2,1H3,(H2,23,24,25). The van der Waals surface area contributed by atoms with Gasteiger partial charge in [0.25, 0.3) is 0 Å². The molecular weight excluding hydrogens is 348 g/mol. The first-order valence-electron chi connectivity index (χ1n) is 8.23. The first-order valence-corrected chi connectivity index (χ1v) is 8.61. The topological polar surface area (TPSA) is 50.4 Å². The maximum absolute atomic E-state index is 12.2. The van der Waals surface area contributed by atoms with Crippen LogP contribution >= 0.6 is 11.6 Å². The summed E-state index contributed by atoms with van der Waals surface area (Å²) in [4.78, 5) is 12.2. The van der Waals surface area contributed by atoms with E-state index in [1.165, 1.54) is 0 Å². The van der Waals surface area contributed by atoms with Crippen molar-refractivity contribution in [3.05, 3.63) is 88.9 Å². The second-order valence-corrected chi connectivity index (χ2v) is 6.21. The summed E-state index contributed by atoms with van der Waals surface area (Å²) in [6, 6.07) is 22.1. The van der Waals surface area contributed by atoms with Crippen molar-refractivity contribution in [2.75, 3.05) is 5.32 Å². The van der Waals surface area contributed by atoms with Crippen LogP contribution in [0, 0.1) is 6.92 Å². The third-order valence-corrected chi connectivity index (χ3v) is 4.20. The van der Waals surface area contributed by atoms with E-state index in [1.54, 1.807) is 6.07 Å². The largest absolute Gasteiger partial charge is 0.455 e. The second-order valence-electron chi connectivity index (χ2n) is 5.80. The van der Waals surface area contributed by atoms with Crippen LogP contribution < -0.4 is 15.4 Å². The molecule has 0 aromatic heterocycles. The van der Waals surface area contributed by atoms with Crippen LogP contribution in [-0.4, -0.2) is 6.03 Å². The summed E-state index contributed by atoms with van der Waals surface area (Å²) in [5, 5.41) is 6.33. The van der Waals surface area contributed by atoms with E-state index >= 15 is 0 Å². The van der Waals surface area contributed by atoms with Crippen molar-refractivity contribution in [2.24, 2.45) is 0 Å². The van der Waals surface area contributed by atoms with E-state index in [0.717, 1.165) is 11.1 Å². The number of amides is 2. The predicted octanol–water partition coefficient (Wildman–Crippen LogP) is 5.76. The van der Waals surface area contributed by atoms with Crippen LogP contribution in [0.4, 0.5) is 10.5 Å². The van der Waals surface area contributed by atoms with Gasteiger partial charge in [-0.1, -0.05) is 54.1 Å². The molecule has 0 atom stereocenters. The highest BCUT2D eigenvalue weighted by atomic mass is 35.5. The lowest BCUT2D eigenvalue weighted by Gasteiger charge is -2.13. The summed E-state index contributed by atoms with van der Waals surface area (Å²) >= 11 is 6.11. The van der Waals surface area contributed by atoms with Gasteiger partial charge in [-0.25, -0.2) is 4.79 Å². The molecule has 5 heteroatoms. The smallest absolute Gasteiger partial charge is 0.319 e. The van der Waals surface area contributed by atoms with Gasteiger partial charge in [0.1, 0.15) is 5.75 Å². The Balaban J connectivity index is 1.63. The van der Waals surface area contributed by atoms with Gasteiger partial charge in [-0.05, 0) is 48.4 Å². The fraction of sp³-hybridized carbons (Fsp3) is 0.0952. The summed E-state index contributed by atoms with van der Waals surface area (Å²) in [6.45, 7) is 2.32. The molecule has 2 N–H and O–H groups in total. The number of benzene rings is 3. The summed E-state index contributed by atoms with van der Waals surface area (Å²) in [5.74, 6) is 1.28. The SMILES string of the molecule is Cc1ccc(CNC(=O)Nc2ccccc2Oc2ccccc2)cc1Cl. The molecule has 0 spiro atoms. The van der Waals surface area contributed by atoms with E-state index in [0.29, 0.717) is 28.8 Å². The third kappa shape index (κ3) is 4.77. The van der Waals surface area contributed by atoms with Crippen LogP contribution in [0.15, 0.2) is 72.8 Å². The Morgan fingerprint density at radius 3 is 2.50 bits per heavy atom. The molecule has 0 radical (unpaired) electrons. The van der Waals surface area contributed by atoms with Crippen LogP contribution in [0.1, 0.15) is 11.1 Å². The number of nitrogens with one attached hydrogen (secondary N) is 2. The molecule has 3 aromatic rings. The van der Waals surface area contributed by atoms with Crippen molar-refractivity contribution in [3.8, 4) is 11.5 Å². The molecule has 0 aliphatic heterocycles. The van der Waals surface area contributed by atoms with Crippen molar-refractivity contribution in [1.29, 1.82) is 0 Å². The third-order valence-electron chi connectivity index (χ3n) is 3.80. The maximum atomic E-state index is 12.2. The number of carbonyl (C=O) groups is 1. The lowest BCUT2D eigenvalue weighted by Crippen LogP contribution is -2.28. The van der Waals surface area contributed by atoms with Gasteiger partial charge in [-0.3, -0.25) is 0 Å². The molecule has 3 aromatic carbocycles. The number of rotatable bonds is 5. The Kier molecular flexibility index (Phi) is 5.77. The number of hydrogen-bond acceptors (Lipinski definition) is 2. The fourth-order valence-electron chi connectivity index (χ4n) is 2.37. The van der Waals surface area contributed by atoms with Crippen LogP contribution in [0.2, 0.25) is 5.02 Å². The average molecular weight is 367 g/mol. The van der Waals surface area contributed by atoms with Crippen molar-refractivity contribution in [1.82, 2.24) is 5.32 Å². The molecule has 0 heterocycles. The van der Waals surface area contributed by atoms with Crippen molar-refractivity contribution in [2.45, 2.75) is 13.5 Å². The molecule has 0 unspecified atom stereocenters. The summed E-state index contributed by atoms with van der Waals surface area (Å²) in [5.41, 5.74) is 2.53. The maximum Gasteiger partial charge on any atom is 0.319 e. The first-order chi connectivity index (χ1) is 12.6. The van der Waals surface area contributed by atoms with E-state index in [2.05, 4.69) is 10.6 Å². The average Bonchev–Trinajstić information content (AvgIpc) is 2.65. The number of aryl methyl sites for hydroxylation is 1. The fourth-order valence-corrected chi connectivity index (χ4v) is 2.57. The molecule has 0 saturated carbocycles. The first kappa shape index (κ1) is 17.8. The van der Waals surface area contributed by atoms with Crippen molar-refractivity contribution in [3.63, 3.8) is 0 Å². The van der Waals surface area contributed by atoms with Gasteiger partial charge in [0, 0.05) is 11.6 Å². The summed E-state index contributed by atoms with van der Waals surface area (Å²) in [7, 11) is 0. The summed E-state index contributed by atoms with van der Waals surface area (Å²) in [6.07, 6.45) is 0. The van der Waals surface area contributed by atoms with Gasteiger partial charge in [0.05, 0.1) is 5.69 Å². The summed E-state index contributed by atoms with van der Waals surface area (Å²) < 4.78 is 5.84. The minimum absolute atomic E-state index is 0.314. The van der Waals surface area contributed by atoms with Gasteiger partial charge in [-0.15, -0.1) is 0 Å². The van der Waals surface area contributed by atoms with Gasteiger partial charge in [0.15, 0.2) is 5.75 Å². The van der Waals surface area contributed by atoms with Crippen molar-refractivity contribution < 1.29 is 9.53 Å². The molecular formula is C21H19ClN2O2. The molecule has 0 fully saturated rings. The molecule has 26 heavy (non-hydrogen) atoms. The van der Waals surface area contributed by atoms with Crippen LogP contribution in [-0.2, 0) is 6.54 Å². The zero-order valence-corrected chi connectivity index (χ0v) is 15.1. The Morgan fingerprint density at radius 1 is 1.00 bits per heavy atom. The highest BCUT2D eigenvalue weighted by Crippen LogP contribution is 2.29. The Labute approximate surface area is 157 Å². The highest BCUT2D eigenvalue weighted by Gasteiger charge is 2.08. The molecule has 132 valence electrons. The number of ether oxygens (including phenoxy) is 1. The molecule has 0 aliphatic rings. The van der Waals surface area contributed by atoms with E-state index in [-0.39, 0.29) is 6.03 Å². The normalized spacial score (nSPS) is 10.2. The van der Waals surface area contributed by atoms with Crippen LogP contribution in [0.25, 0.3) is 0 Å². The van der Waals surface area contributed by atoms with Crippen LogP contribution in [0.3, 0.4) is 0 Å². The molecule has 0 saturated heterocycles. The van der Waals surface area contributed by atoms with E-state index in [4.69, 9.17) is 16.3 Å². The molecule has 3 rings (SSSR count).